The third-order valence-corrected chi connectivity index (χ3v) is 4.47. The predicted octanol–water partition coefficient (Wildman–Crippen LogP) is 1.82. The molecule has 21 heavy (non-hydrogen) atoms. The van der Waals surface area contributed by atoms with Gasteiger partial charge in [-0.3, -0.25) is 9.48 Å². The van der Waals surface area contributed by atoms with Crippen molar-refractivity contribution in [1.82, 2.24) is 14.8 Å². The van der Waals surface area contributed by atoms with E-state index in [1.54, 1.807) is 13.8 Å². The van der Waals surface area contributed by atoms with E-state index in [1.807, 2.05) is 0 Å². The van der Waals surface area contributed by atoms with E-state index in [9.17, 15) is 18.7 Å². The lowest BCUT2D eigenvalue weighted by atomic mass is 10.1. The fourth-order valence-electron chi connectivity index (χ4n) is 2.21. The maximum Gasteiger partial charge on any atom is 0.287 e. The summed E-state index contributed by atoms with van der Waals surface area (Å²) < 4.78 is 28.2. The first-order valence-corrected chi connectivity index (χ1v) is 7.03. The molecule has 1 atom stereocenters. The zero-order valence-corrected chi connectivity index (χ0v) is 13.4. The normalized spacial score (nSPS) is 22.1. The summed E-state index contributed by atoms with van der Waals surface area (Å²) in [6, 6.07) is 0. The number of nitrogens with zero attached hydrogens (tertiary/aromatic N) is 4. The lowest BCUT2D eigenvalue weighted by molar-refractivity contribution is -0.192. The standard InChI is InChI=1S/C12H15BrF2N4O2/c1-6-4-12(21,11(14)15)19(16-6)9(20)5-18-8(3)10(13)7(2)17-18/h11,21H,4-5H2,1-3H3/t12-/m0/s1. The molecule has 116 valence electrons. The molecule has 0 fully saturated rings. The van der Waals surface area contributed by atoms with Crippen LogP contribution in [0.4, 0.5) is 8.78 Å². The Bertz CT molecular complexity index is 617. The molecule has 0 aliphatic carbocycles. The van der Waals surface area contributed by atoms with Crippen molar-refractivity contribution in [3.8, 4) is 0 Å². The van der Waals surface area contributed by atoms with Crippen LogP contribution in [0.1, 0.15) is 24.7 Å². The van der Waals surface area contributed by atoms with Crippen molar-refractivity contribution in [3.63, 3.8) is 0 Å². The molecule has 1 aliphatic rings. The predicted molar refractivity (Wildman–Crippen MR) is 74.9 cm³/mol. The first-order chi connectivity index (χ1) is 9.66. The van der Waals surface area contributed by atoms with Crippen LogP contribution < -0.4 is 0 Å². The number of aryl methyl sites for hydroxylation is 1. The highest BCUT2D eigenvalue weighted by molar-refractivity contribution is 9.10. The van der Waals surface area contributed by atoms with E-state index in [4.69, 9.17) is 0 Å². The van der Waals surface area contributed by atoms with Gasteiger partial charge in [-0.1, -0.05) is 0 Å². The van der Waals surface area contributed by atoms with Crippen molar-refractivity contribution in [2.24, 2.45) is 5.10 Å². The molecule has 0 bridgehead atoms. The Kier molecular flexibility index (Phi) is 4.16. The van der Waals surface area contributed by atoms with Crippen molar-refractivity contribution in [2.45, 2.75) is 45.9 Å². The molecule has 0 saturated carbocycles. The van der Waals surface area contributed by atoms with Gasteiger partial charge in [0.2, 0.25) is 5.72 Å². The van der Waals surface area contributed by atoms with Crippen LogP contribution in [0.25, 0.3) is 0 Å². The zero-order valence-electron chi connectivity index (χ0n) is 11.8. The molecule has 1 aromatic heterocycles. The van der Waals surface area contributed by atoms with Crippen molar-refractivity contribution < 1.29 is 18.7 Å². The molecule has 9 heteroatoms. The molecular formula is C12H15BrF2N4O2. The number of halogens is 3. The number of amides is 1. The van der Waals surface area contributed by atoms with Crippen molar-refractivity contribution in [1.29, 1.82) is 0 Å². The number of alkyl halides is 2. The molecule has 2 rings (SSSR count). The largest absolute Gasteiger partial charge is 0.364 e. The Balaban J connectivity index is 2.25. The minimum atomic E-state index is -3.10. The van der Waals surface area contributed by atoms with Crippen molar-refractivity contribution in [2.75, 3.05) is 0 Å². The molecule has 0 spiro atoms. The fourth-order valence-corrected chi connectivity index (χ4v) is 2.49. The molecular weight excluding hydrogens is 350 g/mol. The van der Waals surface area contributed by atoms with Gasteiger partial charge in [0, 0.05) is 12.1 Å². The van der Waals surface area contributed by atoms with Crippen molar-refractivity contribution in [3.05, 3.63) is 15.9 Å². The molecule has 1 N–H and O–H groups in total. The lowest BCUT2D eigenvalue weighted by Crippen LogP contribution is -2.52. The van der Waals surface area contributed by atoms with E-state index < -0.39 is 18.1 Å². The summed E-state index contributed by atoms with van der Waals surface area (Å²) in [5.41, 5.74) is -0.915. The SMILES string of the molecule is CC1=NN(C(=O)Cn2nc(C)c(Br)c2C)[C@@](O)(C(F)F)C1. The molecule has 1 amide bonds. The number of hydrogen-bond acceptors (Lipinski definition) is 4. The first-order valence-electron chi connectivity index (χ1n) is 6.24. The summed E-state index contributed by atoms with van der Waals surface area (Å²) in [5, 5.41) is 18.3. The molecule has 0 unspecified atom stereocenters. The van der Waals surface area contributed by atoms with Crippen LogP contribution in [-0.2, 0) is 11.3 Å². The van der Waals surface area contributed by atoms with Gasteiger partial charge < -0.3 is 5.11 Å². The van der Waals surface area contributed by atoms with Crippen LogP contribution in [0.5, 0.6) is 0 Å². The number of carbonyl (C=O) groups is 1. The zero-order chi connectivity index (χ0) is 15.9. The Labute approximate surface area is 128 Å². The van der Waals surface area contributed by atoms with Crippen LogP contribution >= 0.6 is 15.9 Å². The summed E-state index contributed by atoms with van der Waals surface area (Å²) in [5.74, 6) is -0.743. The lowest BCUT2D eigenvalue weighted by Gasteiger charge is -2.30. The van der Waals surface area contributed by atoms with E-state index >= 15 is 0 Å². The van der Waals surface area contributed by atoms with E-state index in [1.165, 1.54) is 11.6 Å². The second-order valence-electron chi connectivity index (χ2n) is 5.04. The maximum absolute atomic E-state index is 13.0. The summed E-state index contributed by atoms with van der Waals surface area (Å²) in [6.07, 6.45) is -3.47. The van der Waals surface area contributed by atoms with Crippen LogP contribution in [0.15, 0.2) is 9.57 Å². The number of rotatable bonds is 3. The Morgan fingerprint density at radius 2 is 2.10 bits per heavy atom. The number of hydrazone groups is 1. The second kappa shape index (κ2) is 5.45. The molecule has 1 aromatic rings. The third-order valence-electron chi connectivity index (χ3n) is 3.32. The van der Waals surface area contributed by atoms with Gasteiger partial charge in [0.05, 0.1) is 15.9 Å². The second-order valence-corrected chi connectivity index (χ2v) is 5.83. The van der Waals surface area contributed by atoms with Gasteiger partial charge in [-0.05, 0) is 36.7 Å². The molecule has 0 aromatic carbocycles. The smallest absolute Gasteiger partial charge is 0.287 e. The summed E-state index contributed by atoms with van der Waals surface area (Å²) >= 11 is 3.32. The Morgan fingerprint density at radius 3 is 2.57 bits per heavy atom. The molecule has 0 radical (unpaired) electrons. The van der Waals surface area contributed by atoms with Gasteiger partial charge in [-0.25, -0.2) is 8.78 Å². The van der Waals surface area contributed by atoms with Gasteiger partial charge in [0.15, 0.2) is 0 Å². The van der Waals surface area contributed by atoms with Crippen LogP contribution in [-0.4, -0.2) is 43.7 Å². The average Bonchev–Trinajstić information content (AvgIpc) is 2.83. The molecule has 2 heterocycles. The van der Waals surface area contributed by atoms with Crippen molar-refractivity contribution >= 4 is 27.5 Å². The number of aromatic nitrogens is 2. The topological polar surface area (TPSA) is 70.7 Å². The minimum Gasteiger partial charge on any atom is -0.364 e. The van der Waals surface area contributed by atoms with Crippen LogP contribution in [0.2, 0.25) is 0 Å². The van der Waals surface area contributed by atoms with Gasteiger partial charge in [0.25, 0.3) is 12.3 Å². The molecule has 6 nitrogen and oxygen atoms in total. The van der Waals surface area contributed by atoms with Gasteiger partial charge in [-0.15, -0.1) is 0 Å². The van der Waals surface area contributed by atoms with Gasteiger partial charge in [0.1, 0.15) is 6.54 Å². The fraction of sp³-hybridized carbons (Fsp3) is 0.583. The number of hydrogen-bond donors (Lipinski definition) is 1. The molecule has 1 aliphatic heterocycles. The summed E-state index contributed by atoms with van der Waals surface area (Å²) in [4.78, 5) is 12.2. The Morgan fingerprint density at radius 1 is 1.48 bits per heavy atom. The minimum absolute atomic E-state index is 0.274. The van der Waals surface area contributed by atoms with E-state index in [0.29, 0.717) is 16.4 Å². The van der Waals surface area contributed by atoms with E-state index in [-0.39, 0.29) is 18.7 Å². The Hall–Kier alpha value is -1.35. The van der Waals surface area contributed by atoms with Gasteiger partial charge >= 0.3 is 0 Å². The highest BCUT2D eigenvalue weighted by Crippen LogP contribution is 2.31. The quantitative estimate of drug-likeness (QED) is 0.889. The van der Waals surface area contributed by atoms with Gasteiger partial charge in [-0.2, -0.15) is 15.2 Å². The molecule has 0 saturated heterocycles. The number of aliphatic hydroxyl groups is 1. The highest BCUT2D eigenvalue weighted by atomic mass is 79.9. The van der Waals surface area contributed by atoms with E-state index in [0.717, 1.165) is 4.47 Å². The van der Waals surface area contributed by atoms with Crippen LogP contribution in [0, 0.1) is 13.8 Å². The maximum atomic E-state index is 13.0. The summed E-state index contributed by atoms with van der Waals surface area (Å²) in [6.45, 7) is 4.71. The monoisotopic (exact) mass is 364 g/mol. The highest BCUT2D eigenvalue weighted by Gasteiger charge is 2.50. The first kappa shape index (κ1) is 16.0. The van der Waals surface area contributed by atoms with Crippen LogP contribution in [0.3, 0.4) is 0 Å². The summed E-state index contributed by atoms with van der Waals surface area (Å²) in [7, 11) is 0. The average molecular weight is 365 g/mol. The van der Waals surface area contributed by atoms with E-state index in [2.05, 4.69) is 26.1 Å². The third kappa shape index (κ3) is 2.71. The number of carbonyl (C=O) groups excluding carboxylic acids is 1.